The highest BCUT2D eigenvalue weighted by Gasteiger charge is 2.24. The lowest BCUT2D eigenvalue weighted by Crippen LogP contribution is -2.46. The fourth-order valence-electron chi connectivity index (χ4n) is 6.89. The van der Waals surface area contributed by atoms with Crippen molar-refractivity contribution in [3.63, 3.8) is 0 Å². The van der Waals surface area contributed by atoms with Crippen LogP contribution in [0.3, 0.4) is 0 Å². The molecule has 0 radical (unpaired) electrons. The summed E-state index contributed by atoms with van der Waals surface area (Å²) in [6.07, 6.45) is 52.7. The van der Waals surface area contributed by atoms with Crippen LogP contribution in [-0.4, -0.2) is 41.9 Å². The van der Waals surface area contributed by atoms with Crippen LogP contribution >= 0.6 is 0 Å². The molecular formula is C46H87NO5S. The second-order valence-corrected chi connectivity index (χ2v) is 17.2. The van der Waals surface area contributed by atoms with Gasteiger partial charge in [-0.1, -0.05) is 211 Å². The van der Waals surface area contributed by atoms with Crippen molar-refractivity contribution in [3.8, 4) is 0 Å². The summed E-state index contributed by atoms with van der Waals surface area (Å²) in [6, 6.07) is -1.06. The van der Waals surface area contributed by atoms with Gasteiger partial charge < -0.3 is 10.4 Å². The normalized spacial score (nSPS) is 13.5. The molecule has 3 N–H and O–H groups in total. The van der Waals surface area contributed by atoms with Crippen LogP contribution in [0.15, 0.2) is 36.5 Å². The Kier molecular flexibility index (Phi) is 39.1. The standard InChI is InChI=1S/C46H87NO5S/c1-3-5-7-9-11-13-15-17-19-21-22-23-24-26-28-30-32-34-36-38-40-42-46(49)47-44(43-53(50,51)52)45(48)41-39-37-35-33-31-29-27-25-20-18-16-14-12-10-8-6-4-2/h15,17,21-22,39,41,44-45,48H,3-14,16,18-20,23-38,40,42-43H2,1-2H3,(H,47,49)(H,50,51,52)/b17-15-,22-21-,41-39+. The van der Waals surface area contributed by atoms with Crippen LogP contribution in [0, 0.1) is 0 Å². The van der Waals surface area contributed by atoms with Gasteiger partial charge in [0, 0.05) is 6.42 Å². The molecule has 0 bridgehead atoms. The molecule has 0 aromatic rings. The highest BCUT2D eigenvalue weighted by atomic mass is 32.2. The van der Waals surface area contributed by atoms with Crippen molar-refractivity contribution in [2.75, 3.05) is 5.75 Å². The number of hydrogen-bond donors (Lipinski definition) is 3. The topological polar surface area (TPSA) is 104 Å². The molecule has 0 fully saturated rings. The van der Waals surface area contributed by atoms with Crippen molar-refractivity contribution in [3.05, 3.63) is 36.5 Å². The Morgan fingerprint density at radius 3 is 1.23 bits per heavy atom. The van der Waals surface area contributed by atoms with E-state index in [4.69, 9.17) is 0 Å². The van der Waals surface area contributed by atoms with Crippen LogP contribution in [0.25, 0.3) is 0 Å². The number of rotatable bonds is 41. The zero-order chi connectivity index (χ0) is 38.9. The van der Waals surface area contributed by atoms with E-state index in [0.717, 1.165) is 44.9 Å². The fraction of sp³-hybridized carbons (Fsp3) is 0.848. The van der Waals surface area contributed by atoms with Crippen LogP contribution in [-0.2, 0) is 14.9 Å². The van der Waals surface area contributed by atoms with Gasteiger partial charge >= 0.3 is 0 Å². The highest BCUT2D eigenvalue weighted by molar-refractivity contribution is 7.85. The average Bonchev–Trinajstić information content (AvgIpc) is 3.12. The first-order chi connectivity index (χ1) is 25.8. The van der Waals surface area contributed by atoms with Crippen molar-refractivity contribution in [1.82, 2.24) is 5.32 Å². The van der Waals surface area contributed by atoms with E-state index in [0.29, 0.717) is 6.42 Å². The predicted octanol–water partition coefficient (Wildman–Crippen LogP) is 13.7. The zero-order valence-electron chi connectivity index (χ0n) is 34.9. The minimum absolute atomic E-state index is 0.281. The highest BCUT2D eigenvalue weighted by Crippen LogP contribution is 2.15. The molecule has 53 heavy (non-hydrogen) atoms. The molecule has 0 heterocycles. The smallest absolute Gasteiger partial charge is 0.267 e. The summed E-state index contributed by atoms with van der Waals surface area (Å²) >= 11 is 0. The van der Waals surface area contributed by atoms with Gasteiger partial charge in [-0.3, -0.25) is 9.35 Å². The Labute approximate surface area is 329 Å². The van der Waals surface area contributed by atoms with Gasteiger partial charge in [-0.25, -0.2) is 0 Å². The molecule has 312 valence electrons. The number of hydrogen-bond acceptors (Lipinski definition) is 4. The maximum atomic E-state index is 12.5. The Bertz CT molecular complexity index is 976. The lowest BCUT2D eigenvalue weighted by molar-refractivity contribution is -0.122. The summed E-state index contributed by atoms with van der Waals surface area (Å²) in [4.78, 5) is 12.5. The Balaban J connectivity index is 3.87. The largest absolute Gasteiger partial charge is 0.387 e. The summed E-state index contributed by atoms with van der Waals surface area (Å²) in [5.41, 5.74) is 0. The third-order valence-corrected chi connectivity index (χ3v) is 11.1. The molecule has 0 aromatic carbocycles. The van der Waals surface area contributed by atoms with Crippen LogP contribution in [0.2, 0.25) is 0 Å². The first kappa shape index (κ1) is 51.6. The van der Waals surface area contributed by atoms with Crippen LogP contribution in [0.5, 0.6) is 0 Å². The molecule has 2 atom stereocenters. The molecule has 7 heteroatoms. The molecular weight excluding hydrogens is 679 g/mol. The van der Waals surface area contributed by atoms with Crippen LogP contribution < -0.4 is 5.32 Å². The number of carbonyl (C=O) groups is 1. The molecule has 0 spiro atoms. The van der Waals surface area contributed by atoms with E-state index in [-0.39, 0.29) is 5.91 Å². The lowest BCUT2D eigenvalue weighted by atomic mass is 10.0. The number of aliphatic hydroxyl groups is 1. The summed E-state index contributed by atoms with van der Waals surface area (Å²) < 4.78 is 32.6. The number of aliphatic hydroxyl groups excluding tert-OH is 1. The van der Waals surface area contributed by atoms with E-state index in [1.807, 2.05) is 6.08 Å². The average molecular weight is 766 g/mol. The Morgan fingerprint density at radius 1 is 0.509 bits per heavy atom. The molecule has 0 saturated heterocycles. The van der Waals surface area contributed by atoms with Gasteiger partial charge in [-0.15, -0.1) is 0 Å². The molecule has 2 unspecified atom stereocenters. The van der Waals surface area contributed by atoms with Crippen molar-refractivity contribution in [2.45, 2.75) is 244 Å². The number of nitrogens with one attached hydrogen (secondary N) is 1. The van der Waals surface area contributed by atoms with Gasteiger partial charge in [0.15, 0.2) is 0 Å². The van der Waals surface area contributed by atoms with Crippen molar-refractivity contribution in [2.24, 2.45) is 0 Å². The zero-order valence-corrected chi connectivity index (χ0v) is 35.7. The SMILES string of the molecule is CCCCCCC/C=C\C/C=C\CCCCCCCCCCCC(=O)NC(CS(=O)(=O)O)C(O)/C=C/CCCCCCCCCCCCCCCCC. The third-order valence-electron chi connectivity index (χ3n) is 10.3. The fourth-order valence-corrected chi connectivity index (χ4v) is 7.63. The summed E-state index contributed by atoms with van der Waals surface area (Å²) in [5.74, 6) is -0.979. The van der Waals surface area contributed by atoms with Crippen LogP contribution in [0.4, 0.5) is 0 Å². The number of allylic oxidation sites excluding steroid dienone is 5. The van der Waals surface area contributed by atoms with E-state index >= 15 is 0 Å². The van der Waals surface area contributed by atoms with Crippen molar-refractivity contribution in [1.29, 1.82) is 0 Å². The second-order valence-electron chi connectivity index (χ2n) is 15.7. The van der Waals surface area contributed by atoms with Crippen molar-refractivity contribution < 1.29 is 22.9 Å². The first-order valence-corrected chi connectivity index (χ1v) is 24.3. The summed E-state index contributed by atoms with van der Waals surface area (Å²) in [7, 11) is -4.35. The molecule has 0 aliphatic heterocycles. The Hall–Kier alpha value is -1.44. The molecule has 0 rings (SSSR count). The Morgan fingerprint density at radius 2 is 0.849 bits per heavy atom. The second kappa shape index (κ2) is 40.2. The van der Waals surface area contributed by atoms with Gasteiger partial charge in [0.1, 0.15) is 0 Å². The molecule has 1 amide bonds. The molecule has 0 aliphatic carbocycles. The van der Waals surface area contributed by atoms with E-state index in [1.54, 1.807) is 6.08 Å². The monoisotopic (exact) mass is 766 g/mol. The number of unbranched alkanes of at least 4 members (excludes halogenated alkanes) is 29. The molecule has 6 nitrogen and oxygen atoms in total. The van der Waals surface area contributed by atoms with E-state index in [1.165, 1.54) is 167 Å². The summed E-state index contributed by atoms with van der Waals surface area (Å²) in [6.45, 7) is 4.53. The van der Waals surface area contributed by atoms with Crippen molar-refractivity contribution >= 4 is 16.0 Å². The molecule has 0 saturated carbocycles. The molecule has 0 aliphatic rings. The van der Waals surface area contributed by atoms with E-state index in [2.05, 4.69) is 43.5 Å². The van der Waals surface area contributed by atoms with Crippen LogP contribution in [0.1, 0.15) is 232 Å². The maximum absolute atomic E-state index is 12.5. The van der Waals surface area contributed by atoms with Gasteiger partial charge in [0.2, 0.25) is 5.91 Å². The minimum Gasteiger partial charge on any atom is -0.387 e. The van der Waals surface area contributed by atoms with E-state index in [9.17, 15) is 22.9 Å². The van der Waals surface area contributed by atoms with Gasteiger partial charge in [-0.05, 0) is 51.4 Å². The van der Waals surface area contributed by atoms with Gasteiger partial charge in [0.25, 0.3) is 10.1 Å². The van der Waals surface area contributed by atoms with Gasteiger partial charge in [0.05, 0.1) is 17.9 Å². The maximum Gasteiger partial charge on any atom is 0.267 e. The first-order valence-electron chi connectivity index (χ1n) is 22.7. The number of amides is 1. The summed E-state index contributed by atoms with van der Waals surface area (Å²) in [5, 5.41) is 13.3. The van der Waals surface area contributed by atoms with E-state index < -0.39 is 28.0 Å². The predicted molar refractivity (Wildman–Crippen MR) is 230 cm³/mol. The quantitative estimate of drug-likeness (QED) is 0.0327. The van der Waals surface area contributed by atoms with Gasteiger partial charge in [-0.2, -0.15) is 8.42 Å². The number of carbonyl (C=O) groups excluding carboxylic acids is 1. The third kappa shape index (κ3) is 41.6. The lowest BCUT2D eigenvalue weighted by Gasteiger charge is -2.21. The molecule has 0 aromatic heterocycles. The minimum atomic E-state index is -4.35.